The van der Waals surface area contributed by atoms with E-state index in [1.165, 1.54) is 17.7 Å². The highest BCUT2D eigenvalue weighted by Crippen LogP contribution is 2.16. The van der Waals surface area contributed by atoms with Crippen molar-refractivity contribution in [3.8, 4) is 0 Å². The van der Waals surface area contributed by atoms with E-state index in [2.05, 4.69) is 33.0 Å². The number of nitrogens with one attached hydrogen (secondary N) is 1. The van der Waals surface area contributed by atoms with Gasteiger partial charge in [0.1, 0.15) is 0 Å². The van der Waals surface area contributed by atoms with Crippen LogP contribution < -0.4 is 5.32 Å². The van der Waals surface area contributed by atoms with Crippen molar-refractivity contribution in [1.29, 1.82) is 0 Å². The number of hydrogen-bond acceptors (Lipinski definition) is 1. The zero-order chi connectivity index (χ0) is 14.4. The average molecular weight is 267 g/mol. The molecule has 0 atom stereocenters. The topological polar surface area (TPSA) is 12.0 Å². The predicted molar refractivity (Wildman–Crippen MR) is 76.9 cm³/mol. The molecule has 0 saturated carbocycles. The summed E-state index contributed by atoms with van der Waals surface area (Å²) in [4.78, 5) is 0. The van der Waals surface area contributed by atoms with Gasteiger partial charge in [0, 0.05) is 6.54 Å². The molecule has 0 aromatic heterocycles. The molecule has 0 aliphatic heterocycles. The normalized spacial score (nSPS) is 12.5. The summed E-state index contributed by atoms with van der Waals surface area (Å²) in [5.74, 6) is -0.641. The van der Waals surface area contributed by atoms with Crippen LogP contribution >= 0.6 is 0 Å². The monoisotopic (exact) mass is 267 g/mol. The Balaban J connectivity index is 2.79. The van der Waals surface area contributed by atoms with Gasteiger partial charge in [0.2, 0.25) is 0 Å². The predicted octanol–water partition coefficient (Wildman–Crippen LogP) is 4.25. The van der Waals surface area contributed by atoms with E-state index in [0.29, 0.717) is 17.4 Å². The highest BCUT2D eigenvalue weighted by Gasteiger charge is 2.06. The fourth-order valence-electron chi connectivity index (χ4n) is 1.74. The Labute approximate surface area is 114 Å². The Kier molecular flexibility index (Phi) is 6.16. The van der Waals surface area contributed by atoms with Gasteiger partial charge in [-0.25, -0.2) is 8.78 Å². The lowest BCUT2D eigenvalue weighted by molar-refractivity contribution is 0.508. The molecule has 1 nitrogen and oxygen atoms in total. The van der Waals surface area contributed by atoms with E-state index in [4.69, 9.17) is 0 Å². The molecule has 1 aromatic carbocycles. The molecule has 1 N–H and O–H groups in total. The van der Waals surface area contributed by atoms with Crippen LogP contribution in [0.5, 0.6) is 0 Å². The van der Waals surface area contributed by atoms with Crippen LogP contribution in [0.15, 0.2) is 23.8 Å². The molecule has 1 rings (SSSR count). The molecule has 0 fully saturated rings. The Morgan fingerprint density at radius 2 is 1.84 bits per heavy atom. The van der Waals surface area contributed by atoms with E-state index >= 15 is 0 Å². The first-order valence-corrected chi connectivity index (χ1v) is 6.76. The minimum absolute atomic E-state index is 0.368. The summed E-state index contributed by atoms with van der Waals surface area (Å²) < 4.78 is 26.0. The summed E-state index contributed by atoms with van der Waals surface area (Å²) >= 11 is 0. The first-order chi connectivity index (χ1) is 8.90. The van der Waals surface area contributed by atoms with Crippen molar-refractivity contribution in [2.45, 2.75) is 27.7 Å². The molecule has 19 heavy (non-hydrogen) atoms. The summed E-state index contributed by atoms with van der Waals surface area (Å²) in [7, 11) is 0. The SMILES string of the molecule is CC(C)CNCC(=Cc1ccc(F)c(F)c1)C(C)C. The molecular weight excluding hydrogens is 244 g/mol. The number of halogens is 2. The van der Waals surface area contributed by atoms with Crippen LogP contribution in [0.4, 0.5) is 8.78 Å². The lowest BCUT2D eigenvalue weighted by Gasteiger charge is -2.14. The van der Waals surface area contributed by atoms with Crippen molar-refractivity contribution < 1.29 is 8.78 Å². The second-order valence-corrected chi connectivity index (χ2v) is 5.57. The molecule has 106 valence electrons. The number of hydrogen-bond donors (Lipinski definition) is 1. The molecule has 0 heterocycles. The summed E-state index contributed by atoms with van der Waals surface area (Å²) in [6.07, 6.45) is 1.93. The van der Waals surface area contributed by atoms with Gasteiger partial charge >= 0.3 is 0 Å². The Hall–Kier alpha value is -1.22. The Bertz CT molecular complexity index is 436. The van der Waals surface area contributed by atoms with Crippen LogP contribution in [0.3, 0.4) is 0 Å². The fraction of sp³-hybridized carbons (Fsp3) is 0.500. The van der Waals surface area contributed by atoms with Crippen LogP contribution in [0.2, 0.25) is 0 Å². The van der Waals surface area contributed by atoms with Crippen LogP contribution in [0, 0.1) is 23.5 Å². The largest absolute Gasteiger partial charge is 0.313 e. The van der Waals surface area contributed by atoms with E-state index in [-0.39, 0.29) is 0 Å². The maximum Gasteiger partial charge on any atom is 0.159 e. The summed E-state index contributed by atoms with van der Waals surface area (Å²) in [5.41, 5.74) is 1.89. The third kappa shape index (κ3) is 5.52. The highest BCUT2D eigenvalue weighted by molar-refractivity contribution is 5.53. The third-order valence-corrected chi connectivity index (χ3v) is 2.92. The van der Waals surface area contributed by atoms with Crippen molar-refractivity contribution in [2.75, 3.05) is 13.1 Å². The molecule has 0 aliphatic rings. The van der Waals surface area contributed by atoms with Gasteiger partial charge in [0.05, 0.1) is 0 Å². The first kappa shape index (κ1) is 15.8. The van der Waals surface area contributed by atoms with Gasteiger partial charge in [-0.1, -0.05) is 45.4 Å². The number of rotatable bonds is 6. The van der Waals surface area contributed by atoms with E-state index in [1.54, 1.807) is 6.07 Å². The minimum atomic E-state index is -0.804. The van der Waals surface area contributed by atoms with E-state index in [0.717, 1.165) is 13.1 Å². The minimum Gasteiger partial charge on any atom is -0.313 e. The van der Waals surface area contributed by atoms with Gasteiger partial charge in [-0.2, -0.15) is 0 Å². The van der Waals surface area contributed by atoms with E-state index in [1.807, 2.05) is 6.08 Å². The first-order valence-electron chi connectivity index (χ1n) is 6.76. The molecule has 0 spiro atoms. The van der Waals surface area contributed by atoms with Crippen molar-refractivity contribution in [3.05, 3.63) is 41.0 Å². The quantitative estimate of drug-likeness (QED) is 0.812. The van der Waals surface area contributed by atoms with Gasteiger partial charge < -0.3 is 5.32 Å². The van der Waals surface area contributed by atoms with Gasteiger partial charge in [-0.15, -0.1) is 0 Å². The van der Waals surface area contributed by atoms with E-state index < -0.39 is 11.6 Å². The lowest BCUT2D eigenvalue weighted by Crippen LogP contribution is -2.23. The standard InChI is InChI=1S/C16H23F2N/c1-11(2)9-19-10-14(12(3)4)7-13-5-6-15(17)16(18)8-13/h5-8,11-12,19H,9-10H2,1-4H3. The second-order valence-electron chi connectivity index (χ2n) is 5.57. The highest BCUT2D eigenvalue weighted by atomic mass is 19.2. The molecule has 0 amide bonds. The van der Waals surface area contributed by atoms with Gasteiger partial charge in [-0.3, -0.25) is 0 Å². The lowest BCUT2D eigenvalue weighted by atomic mass is 10.00. The van der Waals surface area contributed by atoms with Gasteiger partial charge in [0.25, 0.3) is 0 Å². The molecule has 0 saturated heterocycles. The Morgan fingerprint density at radius 3 is 2.37 bits per heavy atom. The Morgan fingerprint density at radius 1 is 1.16 bits per heavy atom. The molecule has 0 bridgehead atoms. The van der Waals surface area contributed by atoms with Crippen molar-refractivity contribution in [3.63, 3.8) is 0 Å². The summed E-state index contributed by atoms with van der Waals surface area (Å²) in [6, 6.07) is 4.00. The maximum absolute atomic E-state index is 13.2. The molecule has 1 aromatic rings. The summed E-state index contributed by atoms with van der Waals surface area (Å²) in [6.45, 7) is 10.2. The summed E-state index contributed by atoms with van der Waals surface area (Å²) in [5, 5.41) is 3.38. The average Bonchev–Trinajstić information content (AvgIpc) is 2.32. The molecule has 0 aliphatic carbocycles. The zero-order valence-electron chi connectivity index (χ0n) is 12.1. The molecular formula is C16H23F2N. The maximum atomic E-state index is 13.2. The fourth-order valence-corrected chi connectivity index (χ4v) is 1.74. The number of benzene rings is 1. The van der Waals surface area contributed by atoms with Crippen molar-refractivity contribution >= 4 is 6.08 Å². The van der Waals surface area contributed by atoms with Gasteiger partial charge in [-0.05, 0) is 36.1 Å². The van der Waals surface area contributed by atoms with Gasteiger partial charge in [0.15, 0.2) is 11.6 Å². The van der Waals surface area contributed by atoms with E-state index in [9.17, 15) is 8.78 Å². The molecule has 0 radical (unpaired) electrons. The second kappa shape index (κ2) is 7.39. The van der Waals surface area contributed by atoms with Crippen LogP contribution in [0.25, 0.3) is 6.08 Å². The third-order valence-electron chi connectivity index (χ3n) is 2.92. The molecule has 3 heteroatoms. The van der Waals surface area contributed by atoms with Crippen LogP contribution in [-0.4, -0.2) is 13.1 Å². The van der Waals surface area contributed by atoms with Crippen molar-refractivity contribution in [2.24, 2.45) is 11.8 Å². The smallest absolute Gasteiger partial charge is 0.159 e. The zero-order valence-corrected chi connectivity index (χ0v) is 12.1. The van der Waals surface area contributed by atoms with Crippen molar-refractivity contribution in [1.82, 2.24) is 5.32 Å². The van der Waals surface area contributed by atoms with Crippen LogP contribution in [0.1, 0.15) is 33.3 Å². The van der Waals surface area contributed by atoms with Crippen LogP contribution in [-0.2, 0) is 0 Å². The molecule has 0 unspecified atom stereocenters.